The number of benzene rings is 1. The third kappa shape index (κ3) is 4.89. The summed E-state index contributed by atoms with van der Waals surface area (Å²) in [5.41, 5.74) is 1.46. The number of nitrogens with one attached hydrogen (secondary N) is 1. The first kappa shape index (κ1) is 18.1. The average molecular weight is 333 g/mol. The van der Waals surface area contributed by atoms with Gasteiger partial charge in [-0.25, -0.2) is 4.79 Å². The van der Waals surface area contributed by atoms with Gasteiger partial charge in [0.1, 0.15) is 0 Å². The molecule has 0 radical (unpaired) electrons. The van der Waals surface area contributed by atoms with E-state index in [1.807, 2.05) is 12.1 Å². The molecular formula is C18H23NO5. The summed E-state index contributed by atoms with van der Waals surface area (Å²) in [6, 6.07) is 7.05. The van der Waals surface area contributed by atoms with Gasteiger partial charge in [-0.3, -0.25) is 14.9 Å². The van der Waals surface area contributed by atoms with Crippen LogP contribution in [0.1, 0.15) is 49.5 Å². The van der Waals surface area contributed by atoms with E-state index in [4.69, 9.17) is 9.47 Å². The average Bonchev–Trinajstić information content (AvgIpc) is 3.06. The van der Waals surface area contributed by atoms with Crippen LogP contribution in [0.15, 0.2) is 24.3 Å². The van der Waals surface area contributed by atoms with Gasteiger partial charge in [-0.05, 0) is 36.0 Å². The zero-order valence-corrected chi connectivity index (χ0v) is 14.3. The van der Waals surface area contributed by atoms with E-state index in [0.717, 1.165) is 12.0 Å². The van der Waals surface area contributed by atoms with E-state index in [0.29, 0.717) is 18.6 Å². The Morgan fingerprint density at radius 1 is 1.21 bits per heavy atom. The van der Waals surface area contributed by atoms with Crippen LogP contribution in [0.5, 0.6) is 0 Å². The molecule has 6 heteroatoms. The van der Waals surface area contributed by atoms with Crippen molar-refractivity contribution in [2.45, 2.75) is 45.1 Å². The van der Waals surface area contributed by atoms with Gasteiger partial charge in [0.2, 0.25) is 0 Å². The van der Waals surface area contributed by atoms with Crippen LogP contribution in [0.25, 0.3) is 0 Å². The van der Waals surface area contributed by atoms with Crippen LogP contribution in [0.2, 0.25) is 0 Å². The molecule has 2 rings (SSSR count). The molecule has 0 aliphatic carbocycles. The highest BCUT2D eigenvalue weighted by Crippen LogP contribution is 2.22. The maximum atomic E-state index is 12.0. The van der Waals surface area contributed by atoms with E-state index in [-0.39, 0.29) is 5.41 Å². The monoisotopic (exact) mass is 333 g/mol. The van der Waals surface area contributed by atoms with Crippen molar-refractivity contribution < 1.29 is 23.9 Å². The molecule has 1 heterocycles. The molecule has 1 aromatic rings. The summed E-state index contributed by atoms with van der Waals surface area (Å²) in [7, 11) is 0. The highest BCUT2D eigenvalue weighted by atomic mass is 16.6. The number of hydrogen-bond donors (Lipinski definition) is 1. The molecule has 0 unspecified atom stereocenters. The summed E-state index contributed by atoms with van der Waals surface area (Å²) in [5, 5.41) is 2.20. The third-order valence-corrected chi connectivity index (χ3v) is 3.80. The quantitative estimate of drug-likeness (QED) is 0.852. The molecule has 24 heavy (non-hydrogen) atoms. The molecule has 1 aromatic carbocycles. The molecule has 0 saturated carbocycles. The Hall–Kier alpha value is -2.21. The minimum Gasteiger partial charge on any atom is -0.454 e. The lowest BCUT2D eigenvalue weighted by Crippen LogP contribution is -2.35. The van der Waals surface area contributed by atoms with Crippen LogP contribution in [-0.2, 0) is 24.5 Å². The second kappa shape index (κ2) is 7.57. The molecule has 1 N–H and O–H groups in total. The number of imide groups is 1. The van der Waals surface area contributed by atoms with Gasteiger partial charge in [-0.15, -0.1) is 0 Å². The molecule has 0 spiro atoms. The predicted octanol–water partition coefficient (Wildman–Crippen LogP) is 1.96. The van der Waals surface area contributed by atoms with Crippen molar-refractivity contribution >= 4 is 17.8 Å². The highest BCUT2D eigenvalue weighted by Gasteiger charge is 2.25. The largest absolute Gasteiger partial charge is 0.454 e. The number of carbonyl (C=O) groups is 3. The van der Waals surface area contributed by atoms with Gasteiger partial charge in [0.05, 0.1) is 0 Å². The van der Waals surface area contributed by atoms with Crippen LogP contribution in [0.3, 0.4) is 0 Å². The van der Waals surface area contributed by atoms with Gasteiger partial charge in [0, 0.05) is 12.2 Å². The minimum absolute atomic E-state index is 0.0126. The lowest BCUT2D eigenvalue weighted by atomic mass is 9.87. The Morgan fingerprint density at radius 2 is 1.88 bits per heavy atom. The van der Waals surface area contributed by atoms with Crippen molar-refractivity contribution in [3.63, 3.8) is 0 Å². The minimum atomic E-state index is -0.661. The second-order valence-electron chi connectivity index (χ2n) is 6.81. The molecule has 130 valence electrons. The summed E-state index contributed by atoms with van der Waals surface area (Å²) < 4.78 is 10.0. The van der Waals surface area contributed by atoms with Crippen molar-refractivity contribution in [2.75, 3.05) is 13.2 Å². The van der Waals surface area contributed by atoms with E-state index in [1.165, 1.54) is 0 Å². The maximum absolute atomic E-state index is 12.0. The fraction of sp³-hybridized carbons (Fsp3) is 0.500. The Kier molecular flexibility index (Phi) is 5.72. The van der Waals surface area contributed by atoms with Crippen LogP contribution in [0.4, 0.5) is 0 Å². The summed E-state index contributed by atoms with van der Waals surface area (Å²) in [4.78, 5) is 35.4. The number of hydrogen-bond acceptors (Lipinski definition) is 5. The number of esters is 1. The fourth-order valence-electron chi connectivity index (χ4n) is 2.35. The van der Waals surface area contributed by atoms with Crippen molar-refractivity contribution in [2.24, 2.45) is 0 Å². The summed E-state index contributed by atoms with van der Waals surface area (Å²) in [5.74, 6) is -1.75. The van der Waals surface area contributed by atoms with E-state index in [2.05, 4.69) is 26.1 Å². The zero-order chi connectivity index (χ0) is 17.7. The van der Waals surface area contributed by atoms with E-state index in [1.54, 1.807) is 12.1 Å². The van der Waals surface area contributed by atoms with Gasteiger partial charge >= 0.3 is 5.97 Å². The lowest BCUT2D eigenvalue weighted by Gasteiger charge is -2.19. The van der Waals surface area contributed by atoms with Gasteiger partial charge in [0.25, 0.3) is 11.8 Å². The maximum Gasteiger partial charge on any atom is 0.335 e. The van der Waals surface area contributed by atoms with Crippen molar-refractivity contribution in [1.29, 1.82) is 0 Å². The SMILES string of the molecule is CC(C)(C)c1ccc(C(=O)NC(=O)COC(=O)[C@H]2CCCO2)cc1. The third-order valence-electron chi connectivity index (χ3n) is 3.80. The van der Waals surface area contributed by atoms with Crippen LogP contribution in [0, 0.1) is 0 Å². The van der Waals surface area contributed by atoms with Crippen molar-refractivity contribution in [3.05, 3.63) is 35.4 Å². The Balaban J connectivity index is 1.82. The summed E-state index contributed by atoms with van der Waals surface area (Å²) in [6.07, 6.45) is 0.799. The summed E-state index contributed by atoms with van der Waals surface area (Å²) in [6.45, 7) is 6.26. The zero-order valence-electron chi connectivity index (χ0n) is 14.3. The number of ether oxygens (including phenoxy) is 2. The molecule has 0 bridgehead atoms. The first-order valence-corrected chi connectivity index (χ1v) is 8.00. The van der Waals surface area contributed by atoms with Crippen LogP contribution in [-0.4, -0.2) is 37.1 Å². The molecule has 6 nitrogen and oxygen atoms in total. The Morgan fingerprint density at radius 3 is 2.42 bits per heavy atom. The van der Waals surface area contributed by atoms with Crippen molar-refractivity contribution in [3.8, 4) is 0 Å². The fourth-order valence-corrected chi connectivity index (χ4v) is 2.35. The first-order chi connectivity index (χ1) is 11.3. The van der Waals surface area contributed by atoms with Crippen LogP contribution < -0.4 is 5.32 Å². The lowest BCUT2D eigenvalue weighted by molar-refractivity contribution is -0.157. The highest BCUT2D eigenvalue weighted by molar-refractivity contribution is 6.05. The smallest absolute Gasteiger partial charge is 0.335 e. The van der Waals surface area contributed by atoms with Crippen LogP contribution >= 0.6 is 0 Å². The number of amides is 2. The summed E-state index contributed by atoms with van der Waals surface area (Å²) >= 11 is 0. The molecular weight excluding hydrogens is 310 g/mol. The molecule has 2 amide bonds. The molecule has 1 atom stereocenters. The van der Waals surface area contributed by atoms with E-state index >= 15 is 0 Å². The van der Waals surface area contributed by atoms with Gasteiger partial charge in [-0.2, -0.15) is 0 Å². The molecule has 0 aromatic heterocycles. The molecule has 1 aliphatic heterocycles. The van der Waals surface area contributed by atoms with Gasteiger partial charge in [0.15, 0.2) is 12.7 Å². The Bertz CT molecular complexity index is 609. The van der Waals surface area contributed by atoms with E-state index < -0.39 is 30.5 Å². The Labute approximate surface area is 141 Å². The molecule has 1 saturated heterocycles. The number of carbonyl (C=O) groups excluding carboxylic acids is 3. The second-order valence-corrected chi connectivity index (χ2v) is 6.81. The first-order valence-electron chi connectivity index (χ1n) is 8.00. The molecule has 1 fully saturated rings. The van der Waals surface area contributed by atoms with Gasteiger partial charge in [-0.1, -0.05) is 32.9 Å². The van der Waals surface area contributed by atoms with Crippen molar-refractivity contribution in [1.82, 2.24) is 5.32 Å². The normalized spacial score (nSPS) is 17.4. The standard InChI is InChI=1S/C18H23NO5/c1-18(2,3)13-8-6-12(7-9-13)16(21)19-15(20)11-24-17(22)14-5-4-10-23-14/h6-9,14H,4-5,10-11H2,1-3H3,(H,19,20,21)/t14-/m1/s1. The molecule has 1 aliphatic rings. The topological polar surface area (TPSA) is 81.7 Å². The predicted molar refractivity (Wildman–Crippen MR) is 87.5 cm³/mol. The number of rotatable bonds is 4. The van der Waals surface area contributed by atoms with E-state index in [9.17, 15) is 14.4 Å². The van der Waals surface area contributed by atoms with Gasteiger partial charge < -0.3 is 9.47 Å².